The van der Waals surface area contributed by atoms with Crippen LogP contribution in [-0.2, 0) is 28.6 Å². The molecule has 8 heteroatoms. The largest absolute Gasteiger partial charge is 0.544 e. The summed E-state index contributed by atoms with van der Waals surface area (Å²) < 4.78 is 17.2. The summed E-state index contributed by atoms with van der Waals surface area (Å²) in [6.45, 7) is 4.51. The highest BCUT2D eigenvalue weighted by Crippen LogP contribution is 2.15. The van der Waals surface area contributed by atoms with Crippen molar-refractivity contribution in [2.45, 2.75) is 231 Å². The van der Waals surface area contributed by atoms with Crippen LogP contribution in [0.25, 0.3) is 0 Å². The van der Waals surface area contributed by atoms with Crippen LogP contribution in [0, 0.1) is 0 Å². The number of ether oxygens (including phenoxy) is 3. The molecule has 0 aromatic carbocycles. The predicted octanol–water partition coefficient (Wildman–Crippen LogP) is 14.7. The van der Waals surface area contributed by atoms with Crippen molar-refractivity contribution >= 4 is 17.9 Å². The number of hydrogen-bond acceptors (Lipinski definition) is 7. The standard InChI is InChI=1S/C59H101NO7/c1-6-8-10-12-14-16-18-20-22-24-26-28-30-32-34-36-38-40-42-44-46-48-50-58(62)67-55(53-65-52-51-56(59(63)64)60(3,4)5)54-66-57(61)49-47-45-43-41-39-37-35-33-31-29-27-25-23-21-19-17-15-13-11-9-7-2/h9,11,15,17,21,23,27,29-30,32-33,35,39,41,55-56H,6-8,10,12-14,16,18-20,22,24-26,28,31,34,36-38,40,42-54H2,1-5H3/b11-9+,17-15+,23-21+,29-27+,32-30+,35-33+,41-39+. The minimum absolute atomic E-state index is 0.0210. The fourth-order valence-corrected chi connectivity index (χ4v) is 7.60. The molecule has 8 nitrogen and oxygen atoms in total. The smallest absolute Gasteiger partial charge is 0.306 e. The van der Waals surface area contributed by atoms with Gasteiger partial charge in [-0.3, -0.25) is 9.59 Å². The van der Waals surface area contributed by atoms with Crippen molar-refractivity contribution in [1.29, 1.82) is 0 Å². The lowest BCUT2D eigenvalue weighted by Crippen LogP contribution is -2.55. The van der Waals surface area contributed by atoms with E-state index in [1.165, 1.54) is 109 Å². The molecule has 0 aliphatic rings. The molecule has 0 radical (unpaired) electrons. The Kier molecular flexibility index (Phi) is 46.4. The Morgan fingerprint density at radius 1 is 0.463 bits per heavy atom. The average molecular weight is 936 g/mol. The van der Waals surface area contributed by atoms with Crippen LogP contribution in [0.5, 0.6) is 0 Å². The number of carboxylic acid groups (broad SMARTS) is 1. The number of esters is 2. The summed E-state index contributed by atoms with van der Waals surface area (Å²) >= 11 is 0. The summed E-state index contributed by atoms with van der Waals surface area (Å²) in [5, 5.41) is 11.7. The predicted molar refractivity (Wildman–Crippen MR) is 282 cm³/mol. The molecule has 384 valence electrons. The molecule has 0 fully saturated rings. The Balaban J connectivity index is 4.31. The van der Waals surface area contributed by atoms with Gasteiger partial charge in [-0.25, -0.2) is 0 Å². The molecule has 0 aliphatic heterocycles. The summed E-state index contributed by atoms with van der Waals surface area (Å²) in [5.74, 6) is -1.80. The molecule has 0 amide bonds. The lowest BCUT2D eigenvalue weighted by atomic mass is 10.0. The molecule has 2 atom stereocenters. The fourth-order valence-electron chi connectivity index (χ4n) is 7.60. The number of unbranched alkanes of at least 4 members (excludes halogenated alkanes) is 20. The van der Waals surface area contributed by atoms with E-state index in [0.29, 0.717) is 12.8 Å². The van der Waals surface area contributed by atoms with Crippen LogP contribution in [-0.4, -0.2) is 75.5 Å². The highest BCUT2D eigenvalue weighted by atomic mass is 16.6. The minimum atomic E-state index is -1.13. The first-order valence-electron chi connectivity index (χ1n) is 27.1. The van der Waals surface area contributed by atoms with Gasteiger partial charge >= 0.3 is 11.9 Å². The van der Waals surface area contributed by atoms with Crippen molar-refractivity contribution in [2.24, 2.45) is 0 Å². The summed E-state index contributed by atoms with van der Waals surface area (Å²) in [7, 11) is 5.40. The summed E-state index contributed by atoms with van der Waals surface area (Å²) in [6, 6.07) is -0.738. The highest BCUT2D eigenvalue weighted by Gasteiger charge is 2.25. The van der Waals surface area contributed by atoms with E-state index >= 15 is 0 Å². The minimum Gasteiger partial charge on any atom is -0.544 e. The zero-order valence-corrected chi connectivity index (χ0v) is 43.8. The van der Waals surface area contributed by atoms with Crippen LogP contribution < -0.4 is 5.11 Å². The number of quaternary nitrogens is 1. The van der Waals surface area contributed by atoms with Crippen molar-refractivity contribution in [2.75, 3.05) is 41.0 Å². The fraction of sp³-hybridized carbons (Fsp3) is 0.712. The van der Waals surface area contributed by atoms with E-state index in [0.717, 1.165) is 70.6 Å². The summed E-state index contributed by atoms with van der Waals surface area (Å²) in [5.41, 5.74) is 0. The van der Waals surface area contributed by atoms with Gasteiger partial charge in [-0.05, 0) is 89.9 Å². The first-order valence-corrected chi connectivity index (χ1v) is 27.1. The molecule has 0 aliphatic carbocycles. The quantitative estimate of drug-likeness (QED) is 0.0259. The van der Waals surface area contributed by atoms with Gasteiger partial charge in [0.25, 0.3) is 0 Å². The summed E-state index contributed by atoms with van der Waals surface area (Å²) in [4.78, 5) is 37.1. The molecule has 0 aromatic heterocycles. The zero-order chi connectivity index (χ0) is 49.2. The van der Waals surface area contributed by atoms with Crippen molar-refractivity contribution in [1.82, 2.24) is 0 Å². The molecular weight excluding hydrogens is 835 g/mol. The number of allylic oxidation sites excluding steroid dienone is 14. The van der Waals surface area contributed by atoms with E-state index in [4.69, 9.17) is 14.2 Å². The molecule has 0 rings (SSSR count). The molecule has 0 N–H and O–H groups in total. The Morgan fingerprint density at radius 3 is 1.28 bits per heavy atom. The maximum atomic E-state index is 12.8. The van der Waals surface area contributed by atoms with Gasteiger partial charge in [-0.1, -0.05) is 195 Å². The van der Waals surface area contributed by atoms with Crippen molar-refractivity contribution in [3.8, 4) is 0 Å². The van der Waals surface area contributed by atoms with E-state index in [-0.39, 0.29) is 49.1 Å². The molecule has 0 saturated carbocycles. The Hall–Kier alpha value is -3.49. The molecule has 0 aromatic rings. The lowest BCUT2D eigenvalue weighted by molar-refractivity contribution is -0.889. The van der Waals surface area contributed by atoms with Gasteiger partial charge in [0.15, 0.2) is 6.10 Å². The number of hydrogen-bond donors (Lipinski definition) is 0. The molecule has 67 heavy (non-hydrogen) atoms. The van der Waals surface area contributed by atoms with E-state index < -0.39 is 18.1 Å². The van der Waals surface area contributed by atoms with Gasteiger partial charge in [0, 0.05) is 19.3 Å². The van der Waals surface area contributed by atoms with E-state index in [2.05, 4.69) is 98.9 Å². The van der Waals surface area contributed by atoms with E-state index in [1.807, 2.05) is 0 Å². The van der Waals surface area contributed by atoms with Gasteiger partial charge in [-0.15, -0.1) is 0 Å². The van der Waals surface area contributed by atoms with Crippen molar-refractivity contribution < 1.29 is 38.2 Å². The Bertz CT molecular complexity index is 1370. The van der Waals surface area contributed by atoms with Gasteiger partial charge in [0.05, 0.1) is 40.3 Å². The second-order valence-corrected chi connectivity index (χ2v) is 19.1. The Morgan fingerprint density at radius 2 is 0.836 bits per heavy atom. The van der Waals surface area contributed by atoms with Crippen LogP contribution in [0.4, 0.5) is 0 Å². The van der Waals surface area contributed by atoms with E-state index in [9.17, 15) is 19.5 Å². The Labute approximate surface area is 412 Å². The third-order valence-corrected chi connectivity index (χ3v) is 11.8. The van der Waals surface area contributed by atoms with Crippen LogP contribution in [0.15, 0.2) is 85.1 Å². The molecule has 0 saturated heterocycles. The molecule has 2 unspecified atom stereocenters. The number of carboxylic acids is 1. The van der Waals surface area contributed by atoms with Gasteiger partial charge in [-0.2, -0.15) is 0 Å². The second-order valence-electron chi connectivity index (χ2n) is 19.1. The topological polar surface area (TPSA) is 102 Å². The molecular formula is C59H101NO7. The monoisotopic (exact) mass is 936 g/mol. The van der Waals surface area contributed by atoms with Crippen molar-refractivity contribution in [3.05, 3.63) is 85.1 Å². The van der Waals surface area contributed by atoms with Crippen LogP contribution in [0.1, 0.15) is 219 Å². The van der Waals surface area contributed by atoms with Crippen LogP contribution in [0.2, 0.25) is 0 Å². The molecule has 0 bridgehead atoms. The van der Waals surface area contributed by atoms with Crippen molar-refractivity contribution in [3.63, 3.8) is 0 Å². The number of aliphatic carboxylic acids is 1. The van der Waals surface area contributed by atoms with E-state index in [1.54, 1.807) is 21.1 Å². The normalized spacial score (nSPS) is 13.5. The number of rotatable bonds is 48. The SMILES string of the molecule is CC/C=C/C/C=C/C/C=C/C/C=C/C/C=C/C/C=C/CCCCC(=O)OCC(COCCC(C(=O)[O-])[N+](C)(C)C)OC(=O)CCCCCCCCC/C=C/CCCCCCCCCCCCC. The molecule has 0 spiro atoms. The third-order valence-electron chi connectivity index (χ3n) is 11.8. The van der Waals surface area contributed by atoms with Crippen LogP contribution >= 0.6 is 0 Å². The van der Waals surface area contributed by atoms with Gasteiger partial charge in [0.1, 0.15) is 12.6 Å². The highest BCUT2D eigenvalue weighted by molar-refractivity contribution is 5.70. The zero-order valence-electron chi connectivity index (χ0n) is 43.8. The van der Waals surface area contributed by atoms with Gasteiger partial charge < -0.3 is 28.6 Å². The first kappa shape index (κ1) is 63.5. The summed E-state index contributed by atoms with van der Waals surface area (Å²) in [6.07, 6.45) is 64.8. The maximum Gasteiger partial charge on any atom is 0.306 e. The first-order chi connectivity index (χ1) is 32.6. The third kappa shape index (κ3) is 47.4. The number of carbonyl (C=O) groups excluding carboxylic acids is 3. The number of likely N-dealkylation sites (N-methyl/N-ethyl adjacent to an activating group) is 1. The van der Waals surface area contributed by atoms with Gasteiger partial charge in [0.2, 0.25) is 0 Å². The number of nitrogens with zero attached hydrogens (tertiary/aromatic N) is 1. The average Bonchev–Trinajstić information content (AvgIpc) is 3.29. The van der Waals surface area contributed by atoms with Crippen LogP contribution in [0.3, 0.4) is 0 Å². The molecule has 0 heterocycles. The second kappa shape index (κ2) is 48.9. The lowest BCUT2D eigenvalue weighted by Gasteiger charge is -2.34. The number of carbonyl (C=O) groups is 3. The maximum absolute atomic E-state index is 12.8.